The Bertz CT molecular complexity index is 436. The Labute approximate surface area is 134 Å². The van der Waals surface area contributed by atoms with E-state index in [2.05, 4.69) is 35.6 Å². The molecule has 2 saturated carbocycles. The summed E-state index contributed by atoms with van der Waals surface area (Å²) >= 11 is 0. The monoisotopic (exact) mass is 302 g/mol. The highest BCUT2D eigenvalue weighted by atomic mass is 16.5. The van der Waals surface area contributed by atoms with E-state index in [-0.39, 0.29) is 0 Å². The number of benzene rings is 1. The van der Waals surface area contributed by atoms with Gasteiger partial charge in [-0.25, -0.2) is 0 Å². The van der Waals surface area contributed by atoms with E-state index >= 15 is 0 Å². The van der Waals surface area contributed by atoms with Gasteiger partial charge in [-0.3, -0.25) is 0 Å². The Hall–Kier alpha value is -0.900. The Balaban J connectivity index is 1.54. The van der Waals surface area contributed by atoms with E-state index in [4.69, 9.17) is 10.5 Å². The Morgan fingerprint density at radius 1 is 0.909 bits per heavy atom. The Morgan fingerprint density at radius 3 is 2.36 bits per heavy atom. The molecule has 1 aromatic rings. The average Bonchev–Trinajstić information content (AvgIpc) is 2.57. The summed E-state index contributed by atoms with van der Waals surface area (Å²) in [6.45, 7) is 0.723. The number of ether oxygens (including phenoxy) is 1. The van der Waals surface area contributed by atoms with E-state index in [1.165, 1.54) is 56.9 Å². The topological polar surface area (TPSA) is 47.3 Å². The second-order valence-corrected chi connectivity index (χ2v) is 6.95. The maximum absolute atomic E-state index is 6.30. The van der Waals surface area contributed by atoms with E-state index in [0.29, 0.717) is 24.2 Å². The van der Waals surface area contributed by atoms with Gasteiger partial charge in [-0.2, -0.15) is 0 Å². The van der Waals surface area contributed by atoms with Crippen molar-refractivity contribution in [3.63, 3.8) is 0 Å². The lowest BCUT2D eigenvalue weighted by Crippen LogP contribution is -2.55. The van der Waals surface area contributed by atoms with Gasteiger partial charge in [0.1, 0.15) is 0 Å². The summed E-state index contributed by atoms with van der Waals surface area (Å²) in [5, 5.41) is 3.84. The molecule has 3 rings (SSSR count). The molecule has 0 spiro atoms. The molecule has 3 N–H and O–H groups in total. The maximum Gasteiger partial charge on any atom is 0.0732 e. The van der Waals surface area contributed by atoms with Crippen LogP contribution in [0.5, 0.6) is 0 Å². The lowest BCUT2D eigenvalue weighted by Gasteiger charge is -2.38. The van der Waals surface area contributed by atoms with Crippen LogP contribution >= 0.6 is 0 Å². The minimum Gasteiger partial charge on any atom is -0.372 e. The third-order valence-electron chi connectivity index (χ3n) is 5.26. The molecule has 0 saturated heterocycles. The largest absolute Gasteiger partial charge is 0.372 e. The lowest BCUT2D eigenvalue weighted by atomic mass is 9.87. The molecule has 0 aliphatic heterocycles. The van der Waals surface area contributed by atoms with Crippen LogP contribution in [0.2, 0.25) is 0 Å². The highest BCUT2D eigenvalue weighted by Gasteiger charge is 2.30. The second-order valence-electron chi connectivity index (χ2n) is 6.95. The molecule has 3 nitrogen and oxygen atoms in total. The molecule has 22 heavy (non-hydrogen) atoms. The van der Waals surface area contributed by atoms with E-state index in [0.717, 1.165) is 6.61 Å². The van der Waals surface area contributed by atoms with Crippen molar-refractivity contribution < 1.29 is 4.74 Å². The molecule has 0 amide bonds. The van der Waals surface area contributed by atoms with Gasteiger partial charge in [0.15, 0.2) is 0 Å². The van der Waals surface area contributed by atoms with E-state index < -0.39 is 0 Å². The van der Waals surface area contributed by atoms with Crippen molar-refractivity contribution in [3.05, 3.63) is 35.9 Å². The van der Waals surface area contributed by atoms with Crippen molar-refractivity contribution >= 4 is 0 Å². The first-order chi connectivity index (χ1) is 10.8. The quantitative estimate of drug-likeness (QED) is 0.876. The zero-order chi connectivity index (χ0) is 15.2. The van der Waals surface area contributed by atoms with E-state index in [1.54, 1.807) is 0 Å². The van der Waals surface area contributed by atoms with Crippen molar-refractivity contribution in [2.75, 3.05) is 0 Å². The van der Waals surface area contributed by atoms with Gasteiger partial charge in [-0.15, -0.1) is 0 Å². The van der Waals surface area contributed by atoms with E-state index in [9.17, 15) is 0 Å². The zero-order valence-corrected chi connectivity index (χ0v) is 13.5. The molecule has 122 valence electrons. The van der Waals surface area contributed by atoms with Crippen LogP contribution in [0.25, 0.3) is 0 Å². The first-order valence-electron chi connectivity index (χ1n) is 9.00. The van der Waals surface area contributed by atoms with Crippen LogP contribution in [0.15, 0.2) is 30.3 Å². The van der Waals surface area contributed by atoms with Gasteiger partial charge in [-0.05, 0) is 31.2 Å². The van der Waals surface area contributed by atoms with Crippen molar-refractivity contribution in [1.82, 2.24) is 5.32 Å². The van der Waals surface area contributed by atoms with Crippen LogP contribution in [-0.4, -0.2) is 24.2 Å². The number of rotatable bonds is 5. The summed E-state index contributed by atoms with van der Waals surface area (Å²) in [5.74, 6) is 0. The molecule has 4 atom stereocenters. The summed E-state index contributed by atoms with van der Waals surface area (Å²) in [5.41, 5.74) is 7.57. The highest BCUT2D eigenvalue weighted by Crippen LogP contribution is 2.25. The first-order valence-corrected chi connectivity index (χ1v) is 9.00. The molecule has 3 heteroatoms. The predicted octanol–water partition coefficient (Wildman–Crippen LogP) is 3.37. The Morgan fingerprint density at radius 2 is 1.59 bits per heavy atom. The molecule has 2 aliphatic rings. The molecule has 0 heterocycles. The van der Waals surface area contributed by atoms with Crippen LogP contribution in [0, 0.1) is 0 Å². The fourth-order valence-corrected chi connectivity index (χ4v) is 3.91. The molecular weight excluding hydrogens is 272 g/mol. The molecule has 0 aromatic heterocycles. The number of hydrogen-bond donors (Lipinski definition) is 2. The van der Waals surface area contributed by atoms with Crippen LogP contribution in [0.4, 0.5) is 0 Å². The minimum atomic E-state index is 0.324. The second kappa shape index (κ2) is 8.09. The van der Waals surface area contributed by atoms with Crippen molar-refractivity contribution in [2.24, 2.45) is 5.73 Å². The van der Waals surface area contributed by atoms with Gasteiger partial charge in [0, 0.05) is 18.1 Å². The molecule has 0 bridgehead atoms. The number of nitrogens with one attached hydrogen (secondary N) is 1. The first kappa shape index (κ1) is 16.0. The minimum absolute atomic E-state index is 0.324. The third kappa shape index (κ3) is 4.31. The van der Waals surface area contributed by atoms with Crippen LogP contribution in [0.1, 0.15) is 56.9 Å². The van der Waals surface area contributed by atoms with Gasteiger partial charge in [-0.1, -0.05) is 56.0 Å². The van der Waals surface area contributed by atoms with Gasteiger partial charge in [0.2, 0.25) is 0 Å². The van der Waals surface area contributed by atoms with Crippen molar-refractivity contribution in [1.29, 1.82) is 0 Å². The molecule has 0 radical (unpaired) electrons. The number of hydrogen-bond acceptors (Lipinski definition) is 3. The van der Waals surface area contributed by atoms with Crippen LogP contribution in [-0.2, 0) is 11.3 Å². The SMILES string of the molecule is N[C@@H]1CCCC[C@@H]1N[C@H]1CCCC[C@H]1OCc1ccccc1. The fourth-order valence-electron chi connectivity index (χ4n) is 3.91. The molecule has 2 aliphatic carbocycles. The van der Waals surface area contributed by atoms with Crippen LogP contribution < -0.4 is 11.1 Å². The Kier molecular flexibility index (Phi) is 5.88. The van der Waals surface area contributed by atoms with Gasteiger partial charge in [0.05, 0.1) is 12.7 Å². The van der Waals surface area contributed by atoms with Crippen molar-refractivity contribution in [3.8, 4) is 0 Å². The molecule has 0 unspecified atom stereocenters. The summed E-state index contributed by atoms with van der Waals surface area (Å²) in [6, 6.07) is 11.8. The predicted molar refractivity (Wildman–Crippen MR) is 90.6 cm³/mol. The fraction of sp³-hybridized carbons (Fsp3) is 0.684. The summed E-state index contributed by atoms with van der Waals surface area (Å²) in [7, 11) is 0. The number of nitrogens with two attached hydrogens (primary N) is 1. The third-order valence-corrected chi connectivity index (χ3v) is 5.26. The smallest absolute Gasteiger partial charge is 0.0732 e. The summed E-state index contributed by atoms with van der Waals surface area (Å²) in [4.78, 5) is 0. The van der Waals surface area contributed by atoms with Crippen molar-refractivity contribution in [2.45, 2.75) is 82.2 Å². The van der Waals surface area contributed by atoms with Crippen LogP contribution in [0.3, 0.4) is 0 Å². The normalized spacial score (nSPS) is 32.8. The molecule has 2 fully saturated rings. The van der Waals surface area contributed by atoms with Gasteiger partial charge in [0.25, 0.3) is 0 Å². The highest BCUT2D eigenvalue weighted by molar-refractivity contribution is 5.13. The maximum atomic E-state index is 6.30. The standard InChI is InChI=1S/C19H30N2O/c20-16-10-4-5-11-17(16)21-18-12-6-7-13-19(18)22-14-15-8-2-1-3-9-15/h1-3,8-9,16-19,21H,4-7,10-14,20H2/t16-,17+,18+,19-/m1/s1. The lowest BCUT2D eigenvalue weighted by molar-refractivity contribution is -0.0102. The summed E-state index contributed by atoms with van der Waals surface area (Å²) in [6.07, 6.45) is 10.3. The zero-order valence-electron chi connectivity index (χ0n) is 13.5. The average molecular weight is 302 g/mol. The molecule has 1 aromatic carbocycles. The van der Waals surface area contributed by atoms with Gasteiger partial charge >= 0.3 is 0 Å². The van der Waals surface area contributed by atoms with E-state index in [1.807, 2.05) is 0 Å². The summed E-state index contributed by atoms with van der Waals surface area (Å²) < 4.78 is 6.26. The molecular formula is C19H30N2O. The van der Waals surface area contributed by atoms with Gasteiger partial charge < -0.3 is 15.8 Å².